The first-order valence-corrected chi connectivity index (χ1v) is 8.03. The average Bonchev–Trinajstić information content (AvgIpc) is 2.47. The zero-order chi connectivity index (χ0) is 17.4. The predicted molar refractivity (Wildman–Crippen MR) is 82.3 cm³/mol. The van der Waals surface area contributed by atoms with Crippen molar-refractivity contribution in [3.63, 3.8) is 0 Å². The molecule has 3 rings (SSSR count). The van der Waals surface area contributed by atoms with Crippen LogP contribution in [0.15, 0.2) is 18.2 Å². The molecule has 2 aliphatic rings. The van der Waals surface area contributed by atoms with E-state index >= 15 is 0 Å². The Bertz CT molecular complexity index is 651. The van der Waals surface area contributed by atoms with Crippen molar-refractivity contribution in [3.05, 3.63) is 35.4 Å². The van der Waals surface area contributed by atoms with Crippen molar-refractivity contribution < 1.29 is 23.1 Å². The number of nitrogens with zero attached hydrogens (tertiary/aromatic N) is 2. The van der Waals surface area contributed by atoms with E-state index in [2.05, 4.69) is 0 Å². The molecule has 24 heavy (non-hydrogen) atoms. The highest BCUT2D eigenvalue weighted by molar-refractivity contribution is 5.96. The minimum atomic E-state index is -1.05. The molecule has 0 aliphatic carbocycles. The number of halogens is 2. The van der Waals surface area contributed by atoms with Crippen LogP contribution in [0.25, 0.3) is 0 Å². The first-order chi connectivity index (χ1) is 11.3. The second-order valence-electron chi connectivity index (χ2n) is 6.54. The van der Waals surface area contributed by atoms with Gasteiger partial charge in [0.15, 0.2) is 11.6 Å². The molecule has 1 aromatic carbocycles. The van der Waals surface area contributed by atoms with Gasteiger partial charge in [0.25, 0.3) is 5.91 Å². The molecular formula is C17H20F2N2O3. The number of carbonyl (C=O) groups is 2. The highest BCUT2D eigenvalue weighted by atomic mass is 19.2. The SMILES string of the molecule is CC1CN(C(=O)C2CN(C(=O)c3ccc(F)c(F)c3)C2)CC(C)O1. The normalized spacial score (nSPS) is 24.7. The van der Waals surface area contributed by atoms with Crippen LogP contribution in [0.5, 0.6) is 0 Å². The summed E-state index contributed by atoms with van der Waals surface area (Å²) < 4.78 is 31.8. The largest absolute Gasteiger partial charge is 0.372 e. The molecule has 7 heteroatoms. The van der Waals surface area contributed by atoms with E-state index in [4.69, 9.17) is 4.74 Å². The Morgan fingerprint density at radius 3 is 2.21 bits per heavy atom. The Labute approximate surface area is 139 Å². The van der Waals surface area contributed by atoms with Crippen molar-refractivity contribution in [1.29, 1.82) is 0 Å². The van der Waals surface area contributed by atoms with Crippen LogP contribution < -0.4 is 0 Å². The van der Waals surface area contributed by atoms with Crippen molar-refractivity contribution in [2.75, 3.05) is 26.2 Å². The molecule has 2 atom stereocenters. The van der Waals surface area contributed by atoms with E-state index in [0.717, 1.165) is 12.1 Å². The molecule has 2 saturated heterocycles. The summed E-state index contributed by atoms with van der Waals surface area (Å²) >= 11 is 0. The summed E-state index contributed by atoms with van der Waals surface area (Å²) in [6, 6.07) is 3.07. The first kappa shape index (κ1) is 16.8. The Morgan fingerprint density at radius 1 is 1.00 bits per heavy atom. The Morgan fingerprint density at radius 2 is 1.62 bits per heavy atom. The van der Waals surface area contributed by atoms with Crippen molar-refractivity contribution >= 4 is 11.8 Å². The predicted octanol–water partition coefficient (Wildman–Crippen LogP) is 1.67. The fraction of sp³-hybridized carbons (Fsp3) is 0.529. The van der Waals surface area contributed by atoms with E-state index in [1.807, 2.05) is 13.8 Å². The first-order valence-electron chi connectivity index (χ1n) is 8.03. The van der Waals surface area contributed by atoms with E-state index in [1.165, 1.54) is 11.0 Å². The van der Waals surface area contributed by atoms with Gasteiger partial charge in [-0.1, -0.05) is 0 Å². The van der Waals surface area contributed by atoms with Crippen molar-refractivity contribution in [1.82, 2.24) is 9.80 Å². The van der Waals surface area contributed by atoms with Crippen LogP contribution in [-0.4, -0.2) is 60.0 Å². The third-order valence-corrected chi connectivity index (χ3v) is 4.42. The quantitative estimate of drug-likeness (QED) is 0.824. The van der Waals surface area contributed by atoms with Gasteiger partial charge in [0.2, 0.25) is 5.91 Å². The summed E-state index contributed by atoms with van der Waals surface area (Å²) in [6.07, 6.45) is -0.00426. The lowest BCUT2D eigenvalue weighted by atomic mass is 9.96. The second kappa shape index (κ2) is 6.47. The second-order valence-corrected chi connectivity index (χ2v) is 6.54. The zero-order valence-corrected chi connectivity index (χ0v) is 13.7. The minimum absolute atomic E-state index is 0.00213. The Kier molecular flexibility index (Phi) is 4.54. The smallest absolute Gasteiger partial charge is 0.254 e. The summed E-state index contributed by atoms with van der Waals surface area (Å²) in [7, 11) is 0. The molecule has 5 nitrogen and oxygen atoms in total. The average molecular weight is 338 g/mol. The molecule has 1 aromatic rings. The lowest BCUT2D eigenvalue weighted by Crippen LogP contribution is -2.59. The van der Waals surface area contributed by atoms with E-state index < -0.39 is 11.6 Å². The van der Waals surface area contributed by atoms with Gasteiger partial charge >= 0.3 is 0 Å². The van der Waals surface area contributed by atoms with Crippen molar-refractivity contribution in [2.24, 2.45) is 5.92 Å². The summed E-state index contributed by atoms with van der Waals surface area (Å²) in [5.74, 6) is -2.64. The van der Waals surface area contributed by atoms with Crippen LogP contribution in [-0.2, 0) is 9.53 Å². The highest BCUT2D eigenvalue weighted by Gasteiger charge is 2.39. The lowest BCUT2D eigenvalue weighted by Gasteiger charge is -2.43. The van der Waals surface area contributed by atoms with Gasteiger partial charge in [-0.15, -0.1) is 0 Å². The van der Waals surface area contributed by atoms with Crippen LogP contribution in [0, 0.1) is 17.6 Å². The van der Waals surface area contributed by atoms with Crippen LogP contribution in [0.3, 0.4) is 0 Å². The number of hydrogen-bond donors (Lipinski definition) is 0. The third-order valence-electron chi connectivity index (χ3n) is 4.42. The molecular weight excluding hydrogens is 318 g/mol. The fourth-order valence-electron chi connectivity index (χ4n) is 3.23. The Hall–Kier alpha value is -2.02. The van der Waals surface area contributed by atoms with Gasteiger partial charge in [-0.2, -0.15) is 0 Å². The van der Waals surface area contributed by atoms with Crippen LogP contribution in [0.4, 0.5) is 8.78 Å². The zero-order valence-electron chi connectivity index (χ0n) is 13.7. The maximum Gasteiger partial charge on any atom is 0.254 e. The topological polar surface area (TPSA) is 49.9 Å². The molecule has 0 radical (unpaired) electrons. The van der Waals surface area contributed by atoms with Gasteiger partial charge in [-0.3, -0.25) is 9.59 Å². The van der Waals surface area contributed by atoms with E-state index in [-0.39, 0.29) is 35.5 Å². The van der Waals surface area contributed by atoms with E-state index in [9.17, 15) is 18.4 Å². The molecule has 2 unspecified atom stereocenters. The number of benzene rings is 1. The standard InChI is InChI=1S/C17H20F2N2O3/c1-10-6-20(7-11(2)24-10)17(23)13-8-21(9-13)16(22)12-3-4-14(18)15(19)5-12/h3-5,10-11,13H,6-9H2,1-2H3. The van der Waals surface area contributed by atoms with Crippen LogP contribution >= 0.6 is 0 Å². The summed E-state index contributed by atoms with van der Waals surface area (Å²) in [4.78, 5) is 28.0. The molecule has 0 saturated carbocycles. The van der Waals surface area contributed by atoms with Crippen LogP contribution in [0.1, 0.15) is 24.2 Å². The molecule has 0 spiro atoms. The molecule has 2 fully saturated rings. The summed E-state index contributed by atoms with van der Waals surface area (Å²) in [5.41, 5.74) is 0.0911. The van der Waals surface area contributed by atoms with Crippen molar-refractivity contribution in [3.8, 4) is 0 Å². The summed E-state index contributed by atoms with van der Waals surface area (Å²) in [5, 5.41) is 0. The maximum atomic E-state index is 13.2. The number of ether oxygens (including phenoxy) is 1. The molecule has 0 bridgehead atoms. The third kappa shape index (κ3) is 3.26. The number of likely N-dealkylation sites (tertiary alicyclic amines) is 1. The number of rotatable bonds is 2. The molecule has 2 heterocycles. The fourth-order valence-corrected chi connectivity index (χ4v) is 3.23. The van der Waals surface area contributed by atoms with Gasteiger partial charge in [0.1, 0.15) is 0 Å². The van der Waals surface area contributed by atoms with Gasteiger partial charge in [-0.05, 0) is 32.0 Å². The number of carbonyl (C=O) groups excluding carboxylic acids is 2. The van der Waals surface area contributed by atoms with Gasteiger partial charge in [-0.25, -0.2) is 8.78 Å². The molecule has 130 valence electrons. The number of amides is 2. The molecule has 2 amide bonds. The highest BCUT2D eigenvalue weighted by Crippen LogP contribution is 2.23. The Balaban J connectivity index is 1.57. The van der Waals surface area contributed by atoms with Crippen LogP contribution in [0.2, 0.25) is 0 Å². The lowest BCUT2D eigenvalue weighted by molar-refractivity contribution is -0.151. The van der Waals surface area contributed by atoms with Gasteiger partial charge in [0.05, 0.1) is 18.1 Å². The number of morpholine rings is 1. The minimum Gasteiger partial charge on any atom is -0.372 e. The van der Waals surface area contributed by atoms with Gasteiger partial charge in [0, 0.05) is 31.7 Å². The molecule has 0 N–H and O–H groups in total. The van der Waals surface area contributed by atoms with E-state index in [0.29, 0.717) is 26.2 Å². The van der Waals surface area contributed by atoms with E-state index in [1.54, 1.807) is 4.90 Å². The van der Waals surface area contributed by atoms with Gasteiger partial charge < -0.3 is 14.5 Å². The molecule has 0 aromatic heterocycles. The number of hydrogen-bond acceptors (Lipinski definition) is 3. The van der Waals surface area contributed by atoms with Crippen molar-refractivity contribution in [2.45, 2.75) is 26.1 Å². The monoisotopic (exact) mass is 338 g/mol. The summed E-state index contributed by atoms with van der Waals surface area (Å²) in [6.45, 7) is 5.56. The maximum absolute atomic E-state index is 13.2. The molecule has 2 aliphatic heterocycles.